The van der Waals surface area contributed by atoms with Crippen molar-refractivity contribution < 1.29 is 24.6 Å². The Hall–Kier alpha value is -3.25. The molecule has 0 fully saturated rings. The number of aromatic hydroxyl groups is 2. The number of hydrogen-bond acceptors (Lipinski definition) is 6. The number of ether oxygens (including phenoxy) is 1. The average molecular weight is 424 g/mol. The highest BCUT2D eigenvalue weighted by Crippen LogP contribution is 2.32. The van der Waals surface area contributed by atoms with Crippen molar-refractivity contribution in [1.29, 1.82) is 0 Å². The second-order valence-electron chi connectivity index (χ2n) is 7.39. The molecule has 0 aliphatic carbocycles. The average Bonchev–Trinajstić information content (AvgIpc) is 2.75. The van der Waals surface area contributed by atoms with Gasteiger partial charge in [0.1, 0.15) is 23.2 Å². The van der Waals surface area contributed by atoms with E-state index < -0.39 is 12.1 Å². The second-order valence-corrected chi connectivity index (χ2v) is 7.39. The molecule has 2 aromatic rings. The molecule has 0 bridgehead atoms. The molecule has 0 spiro atoms. The molecule has 1 unspecified atom stereocenters. The maximum absolute atomic E-state index is 13.1. The standard InChI is InChI=1S/C25H29NO5/c1-2-30-26-20-13-9-4-3-5-10-14-23(18-11-7-6-8-12-18)31-25(29)24-19(15-20)16-21(27)17-22(24)28/h5-8,10-12,15-17,23,26-28H,2-4,9,13-14H2,1H3/b10-5?,20-15-. The summed E-state index contributed by atoms with van der Waals surface area (Å²) in [4.78, 5) is 18.5. The van der Waals surface area contributed by atoms with Crippen molar-refractivity contribution >= 4 is 12.0 Å². The monoisotopic (exact) mass is 423 g/mol. The molecule has 0 radical (unpaired) electrons. The topological polar surface area (TPSA) is 88.0 Å². The number of rotatable bonds is 4. The summed E-state index contributed by atoms with van der Waals surface area (Å²) in [5, 5.41) is 20.5. The highest BCUT2D eigenvalue weighted by molar-refractivity contribution is 5.97. The minimum atomic E-state index is -0.654. The number of hydroxylamine groups is 1. The van der Waals surface area contributed by atoms with E-state index in [1.807, 2.05) is 43.3 Å². The molecule has 0 amide bonds. The molecule has 0 aromatic heterocycles. The van der Waals surface area contributed by atoms with Crippen molar-refractivity contribution in [2.75, 3.05) is 6.61 Å². The smallest absolute Gasteiger partial charge is 0.343 e. The molecule has 1 heterocycles. The first-order valence-electron chi connectivity index (χ1n) is 10.6. The van der Waals surface area contributed by atoms with Gasteiger partial charge in [-0.2, -0.15) is 0 Å². The number of hydrogen-bond donors (Lipinski definition) is 3. The van der Waals surface area contributed by atoms with Crippen LogP contribution in [0.2, 0.25) is 0 Å². The first-order chi connectivity index (χ1) is 15.1. The number of allylic oxidation sites excluding steroid dienone is 2. The number of nitrogens with one attached hydrogen (secondary N) is 1. The van der Waals surface area contributed by atoms with E-state index in [1.165, 1.54) is 6.07 Å². The lowest BCUT2D eigenvalue weighted by atomic mass is 10.0. The summed E-state index contributed by atoms with van der Waals surface area (Å²) < 4.78 is 5.83. The van der Waals surface area contributed by atoms with Gasteiger partial charge >= 0.3 is 5.97 Å². The molecule has 2 aromatic carbocycles. The normalized spacial score (nSPS) is 19.5. The minimum Gasteiger partial charge on any atom is -0.508 e. The molecule has 1 atom stereocenters. The van der Waals surface area contributed by atoms with Crippen LogP contribution in [0.3, 0.4) is 0 Å². The Morgan fingerprint density at radius 2 is 1.94 bits per heavy atom. The summed E-state index contributed by atoms with van der Waals surface area (Å²) in [7, 11) is 0. The number of esters is 1. The van der Waals surface area contributed by atoms with Crippen LogP contribution in [-0.2, 0) is 9.57 Å². The van der Waals surface area contributed by atoms with Gasteiger partial charge in [-0.25, -0.2) is 4.79 Å². The maximum atomic E-state index is 13.1. The number of cyclic esters (lactones) is 1. The van der Waals surface area contributed by atoms with E-state index in [2.05, 4.69) is 11.6 Å². The Balaban J connectivity index is 2.02. The molecule has 3 rings (SSSR count). The van der Waals surface area contributed by atoms with Crippen LogP contribution in [0.1, 0.15) is 66.6 Å². The first-order valence-corrected chi connectivity index (χ1v) is 10.6. The highest BCUT2D eigenvalue weighted by Gasteiger charge is 2.23. The minimum absolute atomic E-state index is 0.00979. The maximum Gasteiger partial charge on any atom is 0.343 e. The van der Waals surface area contributed by atoms with Crippen LogP contribution in [-0.4, -0.2) is 22.8 Å². The van der Waals surface area contributed by atoms with Crippen molar-refractivity contribution in [3.05, 3.63) is 77.0 Å². The van der Waals surface area contributed by atoms with E-state index >= 15 is 0 Å². The van der Waals surface area contributed by atoms with Gasteiger partial charge in [0.2, 0.25) is 0 Å². The SMILES string of the molecule is CCON/C1=C\c2cc(O)cc(O)c2C(=O)OC(c2ccccc2)CC=CCCCC1. The predicted octanol–water partition coefficient (Wildman–Crippen LogP) is 5.40. The van der Waals surface area contributed by atoms with E-state index in [0.717, 1.165) is 36.6 Å². The van der Waals surface area contributed by atoms with Crippen molar-refractivity contribution in [3.8, 4) is 11.5 Å². The van der Waals surface area contributed by atoms with Crippen LogP contribution in [0, 0.1) is 0 Å². The summed E-state index contributed by atoms with van der Waals surface area (Å²) in [6.07, 6.45) is 9.45. The van der Waals surface area contributed by atoms with Crippen molar-refractivity contribution in [2.45, 2.75) is 45.1 Å². The third-order valence-electron chi connectivity index (χ3n) is 5.02. The van der Waals surface area contributed by atoms with Gasteiger partial charge in [0.05, 0.1) is 6.61 Å². The molecule has 6 heteroatoms. The zero-order valence-corrected chi connectivity index (χ0v) is 17.7. The lowest BCUT2D eigenvalue weighted by molar-refractivity contribution is 0.0299. The summed E-state index contributed by atoms with van der Waals surface area (Å²) in [6, 6.07) is 12.1. The van der Waals surface area contributed by atoms with Gasteiger partial charge < -0.3 is 14.9 Å². The fourth-order valence-corrected chi connectivity index (χ4v) is 3.50. The fraction of sp³-hybridized carbons (Fsp3) is 0.320. The van der Waals surface area contributed by atoms with Gasteiger partial charge in [-0.15, -0.1) is 0 Å². The number of phenols is 2. The Morgan fingerprint density at radius 1 is 1.13 bits per heavy atom. The Kier molecular flexibility index (Phi) is 8.12. The second kappa shape index (κ2) is 11.2. The van der Waals surface area contributed by atoms with Gasteiger partial charge in [-0.3, -0.25) is 10.3 Å². The van der Waals surface area contributed by atoms with Crippen LogP contribution < -0.4 is 5.48 Å². The highest BCUT2D eigenvalue weighted by atomic mass is 16.6. The lowest BCUT2D eigenvalue weighted by Gasteiger charge is -2.19. The van der Waals surface area contributed by atoms with Gasteiger partial charge in [0.15, 0.2) is 0 Å². The molecule has 3 N–H and O–H groups in total. The van der Waals surface area contributed by atoms with Gasteiger partial charge in [-0.05, 0) is 55.9 Å². The number of fused-ring (bicyclic) bond motifs is 1. The molecule has 0 saturated carbocycles. The molecule has 1 aliphatic rings. The van der Waals surface area contributed by atoms with Crippen molar-refractivity contribution in [3.63, 3.8) is 0 Å². The van der Waals surface area contributed by atoms with Crippen LogP contribution in [0.25, 0.3) is 6.08 Å². The fourth-order valence-electron chi connectivity index (χ4n) is 3.50. The molecule has 0 saturated heterocycles. The molecular formula is C25H29NO5. The zero-order chi connectivity index (χ0) is 22.1. The Morgan fingerprint density at radius 3 is 2.71 bits per heavy atom. The third kappa shape index (κ3) is 6.36. The number of carbonyl (C=O) groups excluding carboxylic acids is 1. The van der Waals surface area contributed by atoms with E-state index in [9.17, 15) is 15.0 Å². The van der Waals surface area contributed by atoms with E-state index in [0.29, 0.717) is 25.0 Å². The van der Waals surface area contributed by atoms with Crippen LogP contribution in [0.5, 0.6) is 11.5 Å². The first kappa shape index (κ1) is 22.4. The predicted molar refractivity (Wildman–Crippen MR) is 119 cm³/mol. The molecular weight excluding hydrogens is 394 g/mol. The summed E-state index contributed by atoms with van der Waals surface area (Å²) in [5.41, 5.74) is 4.91. The van der Waals surface area contributed by atoms with Crippen molar-refractivity contribution in [1.82, 2.24) is 5.48 Å². The number of phenolic OH excluding ortho intramolecular Hbond substituents is 2. The summed E-state index contributed by atoms with van der Waals surface area (Å²) in [5.74, 6) is -1.13. The van der Waals surface area contributed by atoms with Crippen LogP contribution in [0.4, 0.5) is 0 Å². The summed E-state index contributed by atoms with van der Waals surface area (Å²) >= 11 is 0. The Bertz CT molecular complexity index is 936. The number of benzene rings is 2. The Labute approximate surface area is 182 Å². The van der Waals surface area contributed by atoms with E-state index in [1.54, 1.807) is 6.08 Å². The lowest BCUT2D eigenvalue weighted by Crippen LogP contribution is -2.15. The molecule has 6 nitrogen and oxygen atoms in total. The van der Waals surface area contributed by atoms with Crippen molar-refractivity contribution in [2.24, 2.45) is 0 Å². The van der Waals surface area contributed by atoms with Gasteiger partial charge in [-0.1, -0.05) is 42.5 Å². The zero-order valence-electron chi connectivity index (χ0n) is 17.7. The van der Waals surface area contributed by atoms with E-state index in [-0.39, 0.29) is 17.1 Å². The van der Waals surface area contributed by atoms with Gasteiger partial charge in [0.25, 0.3) is 0 Å². The third-order valence-corrected chi connectivity index (χ3v) is 5.02. The van der Waals surface area contributed by atoms with E-state index in [4.69, 9.17) is 9.57 Å². The molecule has 31 heavy (non-hydrogen) atoms. The van der Waals surface area contributed by atoms with Crippen LogP contribution >= 0.6 is 0 Å². The molecule has 164 valence electrons. The van der Waals surface area contributed by atoms with Crippen LogP contribution in [0.15, 0.2) is 60.3 Å². The van der Waals surface area contributed by atoms with Gasteiger partial charge in [0, 0.05) is 18.2 Å². The molecule has 1 aliphatic heterocycles. The quantitative estimate of drug-likeness (QED) is 0.347. The summed E-state index contributed by atoms with van der Waals surface area (Å²) in [6.45, 7) is 2.34. The number of carbonyl (C=O) groups is 1. The largest absolute Gasteiger partial charge is 0.508 e.